The van der Waals surface area contributed by atoms with E-state index in [1.54, 1.807) is 12.3 Å². The number of carbonyl (C=O) groups is 1. The zero-order valence-electron chi connectivity index (χ0n) is 39.9. The standard InChI is InChI=1S/C51H60N8O10S/c1-30(2)66-26-33-27-67-45-23-36(22-41(59(61)62)47(45)53-33)70(63,64)55-49(60)38-12-11-34(21-40(38)58-42-20-32-13-16-52-48(32)54-50(42)69-46-29-65-28-43(46)58)56-18-14-51(15-19-56)24-35(25-51)57-17-7-9-39(57)37-8-5-6-10-44(37)68-31(3)4/h5-6,8,10-13,16,20-23,30-31,33,35,39,43,46,53H,7,9,14-15,17-19,24-29H2,1-4H3,(H,52,54)(H,55,60)/t33-,39+,43-,46-/m1/s1. The highest BCUT2D eigenvalue weighted by atomic mass is 32.2. The normalized spacial score (nSPS) is 23.1. The third-order valence-corrected chi connectivity index (χ3v) is 16.3. The Balaban J connectivity index is 0.873. The number of nitro groups is 1. The van der Waals surface area contributed by atoms with Gasteiger partial charge in [0.25, 0.3) is 21.6 Å². The molecule has 3 N–H and O–H groups in total. The zero-order chi connectivity index (χ0) is 48.5. The molecule has 4 atom stereocenters. The van der Waals surface area contributed by atoms with Gasteiger partial charge in [0.05, 0.1) is 65.2 Å². The molecule has 3 saturated heterocycles. The number of anilines is 4. The van der Waals surface area contributed by atoms with Gasteiger partial charge in [-0.05, 0) is 115 Å². The molecular formula is C51H60N8O10S. The van der Waals surface area contributed by atoms with Gasteiger partial charge < -0.3 is 43.8 Å². The summed E-state index contributed by atoms with van der Waals surface area (Å²) >= 11 is 0. The number of H-pyrrole nitrogens is 1. The number of aromatic nitrogens is 2. The van der Waals surface area contributed by atoms with Crippen molar-refractivity contribution in [1.29, 1.82) is 0 Å². The highest BCUT2D eigenvalue weighted by Crippen LogP contribution is 2.55. The Kier molecular flexibility index (Phi) is 12.0. The highest BCUT2D eigenvalue weighted by molar-refractivity contribution is 7.90. The molecular weight excluding hydrogens is 917 g/mol. The molecule has 2 aromatic heterocycles. The van der Waals surface area contributed by atoms with Gasteiger partial charge in [0.2, 0.25) is 5.88 Å². The molecule has 7 heterocycles. The van der Waals surface area contributed by atoms with E-state index in [0.717, 1.165) is 74.6 Å². The van der Waals surface area contributed by atoms with E-state index in [1.807, 2.05) is 43.0 Å². The van der Waals surface area contributed by atoms with Crippen LogP contribution < -0.4 is 34.0 Å². The van der Waals surface area contributed by atoms with Crippen LogP contribution in [0, 0.1) is 15.5 Å². The van der Waals surface area contributed by atoms with Crippen molar-refractivity contribution >= 4 is 55.4 Å². The predicted octanol–water partition coefficient (Wildman–Crippen LogP) is 7.86. The number of hydrogen-bond donors (Lipinski definition) is 3. The lowest BCUT2D eigenvalue weighted by Crippen LogP contribution is -2.55. The van der Waals surface area contributed by atoms with Gasteiger partial charge in [-0.3, -0.25) is 19.8 Å². The van der Waals surface area contributed by atoms with E-state index in [2.05, 4.69) is 62.9 Å². The van der Waals surface area contributed by atoms with Gasteiger partial charge >= 0.3 is 0 Å². The first-order valence-electron chi connectivity index (χ1n) is 24.6. The lowest BCUT2D eigenvalue weighted by Gasteiger charge is -2.56. The van der Waals surface area contributed by atoms with Gasteiger partial charge in [-0.25, -0.2) is 13.1 Å². The molecule has 0 radical (unpaired) electrons. The molecule has 4 fully saturated rings. The maximum absolute atomic E-state index is 14.7. The van der Waals surface area contributed by atoms with Crippen molar-refractivity contribution in [3.63, 3.8) is 0 Å². The van der Waals surface area contributed by atoms with Crippen molar-refractivity contribution in [3.05, 3.63) is 94.2 Å². The smallest absolute Gasteiger partial charge is 0.297 e. The summed E-state index contributed by atoms with van der Waals surface area (Å²) in [5.41, 5.74) is 3.74. The summed E-state index contributed by atoms with van der Waals surface area (Å²) in [6.45, 7) is 11.5. The molecule has 370 valence electrons. The van der Waals surface area contributed by atoms with Crippen LogP contribution in [0.3, 0.4) is 0 Å². The fourth-order valence-electron chi connectivity index (χ4n) is 11.5. The second-order valence-corrected chi connectivity index (χ2v) is 21.9. The van der Waals surface area contributed by atoms with Gasteiger partial charge in [0.1, 0.15) is 29.8 Å². The molecule has 70 heavy (non-hydrogen) atoms. The van der Waals surface area contributed by atoms with Gasteiger partial charge in [-0.15, -0.1) is 0 Å². The molecule has 18 nitrogen and oxygen atoms in total. The second kappa shape index (κ2) is 18.2. The van der Waals surface area contributed by atoms with Gasteiger partial charge in [0.15, 0.2) is 11.4 Å². The molecule has 5 aliphatic heterocycles. The minimum Gasteiger partial charge on any atom is -0.491 e. The summed E-state index contributed by atoms with van der Waals surface area (Å²) < 4.78 is 60.9. The van der Waals surface area contributed by atoms with Crippen LogP contribution in [0.1, 0.15) is 88.2 Å². The first-order chi connectivity index (χ1) is 33.7. The average molecular weight is 977 g/mol. The number of piperidine rings is 1. The van der Waals surface area contributed by atoms with E-state index >= 15 is 0 Å². The van der Waals surface area contributed by atoms with Gasteiger partial charge in [-0.2, -0.15) is 4.98 Å². The lowest BCUT2D eigenvalue weighted by molar-refractivity contribution is -0.384. The van der Waals surface area contributed by atoms with Crippen molar-refractivity contribution in [1.82, 2.24) is 19.6 Å². The minimum atomic E-state index is -4.70. The predicted molar refractivity (Wildman–Crippen MR) is 263 cm³/mol. The number of para-hydroxylation sites is 1. The molecule has 5 aromatic rings. The van der Waals surface area contributed by atoms with Gasteiger partial charge in [-0.1, -0.05) is 18.2 Å². The monoisotopic (exact) mass is 976 g/mol. The quantitative estimate of drug-likeness (QED) is 0.0760. The van der Waals surface area contributed by atoms with E-state index in [-0.39, 0.29) is 60.5 Å². The maximum Gasteiger partial charge on any atom is 0.297 e. The van der Waals surface area contributed by atoms with E-state index in [4.69, 9.17) is 28.7 Å². The maximum atomic E-state index is 14.7. The molecule has 0 bridgehead atoms. The van der Waals surface area contributed by atoms with Crippen molar-refractivity contribution in [2.24, 2.45) is 5.41 Å². The van der Waals surface area contributed by atoms with Gasteiger partial charge in [0, 0.05) is 60.1 Å². The molecule has 1 aliphatic carbocycles. The first kappa shape index (κ1) is 46.2. The largest absolute Gasteiger partial charge is 0.491 e. The summed E-state index contributed by atoms with van der Waals surface area (Å²) in [5, 5.41) is 16.3. The number of benzene rings is 3. The van der Waals surface area contributed by atoms with Crippen molar-refractivity contribution in [2.45, 2.75) is 114 Å². The number of fused-ring (bicyclic) bond motifs is 4. The number of nitro benzene ring substituents is 1. The summed E-state index contributed by atoms with van der Waals surface area (Å²) in [4.78, 5) is 40.9. The molecule has 19 heteroatoms. The van der Waals surface area contributed by atoms with Crippen LogP contribution in [0.25, 0.3) is 11.0 Å². The van der Waals surface area contributed by atoms with Crippen LogP contribution in [0.4, 0.5) is 28.4 Å². The number of nitrogens with zero attached hydrogens (tertiary/aromatic N) is 5. The molecule has 1 spiro atoms. The molecule has 6 aliphatic rings. The minimum absolute atomic E-state index is 0.0208. The number of hydrogen-bond acceptors (Lipinski definition) is 15. The van der Waals surface area contributed by atoms with Crippen LogP contribution >= 0.6 is 0 Å². The van der Waals surface area contributed by atoms with E-state index in [1.165, 1.54) is 18.1 Å². The Bertz CT molecular complexity index is 2930. The number of sulfonamides is 1. The van der Waals surface area contributed by atoms with Crippen LogP contribution in [0.15, 0.2) is 77.8 Å². The Morgan fingerprint density at radius 1 is 0.986 bits per heavy atom. The fraction of sp³-hybridized carbons (Fsp3) is 0.490. The van der Waals surface area contributed by atoms with Crippen molar-refractivity contribution < 1.29 is 41.8 Å². The summed E-state index contributed by atoms with van der Waals surface area (Å²) in [5.74, 6) is 0.410. The molecule has 11 rings (SSSR count). The third-order valence-electron chi connectivity index (χ3n) is 15.0. The highest BCUT2D eigenvalue weighted by Gasteiger charge is 2.50. The number of pyridine rings is 1. The number of ether oxygens (including phenoxy) is 5. The number of likely N-dealkylation sites (tertiary alicyclic amines) is 1. The molecule has 1 saturated carbocycles. The molecule has 3 aromatic carbocycles. The average Bonchev–Trinajstić information content (AvgIpc) is 4.12. The van der Waals surface area contributed by atoms with Crippen LogP contribution in [-0.4, -0.2) is 117 Å². The summed E-state index contributed by atoms with van der Waals surface area (Å²) in [6, 6.07) is 20.1. The molecule has 0 unspecified atom stereocenters. The first-order valence-corrected chi connectivity index (χ1v) is 26.0. The van der Waals surface area contributed by atoms with Crippen molar-refractivity contribution in [2.75, 3.05) is 61.2 Å². The Morgan fingerprint density at radius 2 is 1.80 bits per heavy atom. The lowest BCUT2D eigenvalue weighted by atomic mass is 9.60. The number of rotatable bonds is 13. The zero-order valence-corrected chi connectivity index (χ0v) is 40.7. The Labute approximate surface area is 407 Å². The number of amides is 1. The van der Waals surface area contributed by atoms with Crippen LogP contribution in [0.2, 0.25) is 0 Å². The molecule has 1 amide bonds. The SMILES string of the molecule is CC(C)OC[C@@H]1COc2cc(S(=O)(=O)NC(=O)c3ccc(N4CCC5(CC4)CC(N4CCC[C@H]4c4ccccc4OC(C)C)C5)cc3N3c4cc5cc[nH]c5nc4O[C@@H]4COC[C@H]43)cc([N+](=O)[O-])c2N1. The third kappa shape index (κ3) is 8.64. The van der Waals surface area contributed by atoms with E-state index in [0.29, 0.717) is 41.6 Å². The Morgan fingerprint density at radius 3 is 2.59 bits per heavy atom. The Hall–Kier alpha value is -6.15. The summed E-state index contributed by atoms with van der Waals surface area (Å²) in [6.07, 6.45) is 8.07. The summed E-state index contributed by atoms with van der Waals surface area (Å²) in [7, 11) is -4.70. The van der Waals surface area contributed by atoms with E-state index < -0.39 is 43.6 Å². The number of nitrogens with one attached hydrogen (secondary N) is 3. The number of carbonyl (C=O) groups excluding carboxylic acids is 1. The number of aromatic amines is 1. The van der Waals surface area contributed by atoms with Crippen molar-refractivity contribution in [3.8, 4) is 17.4 Å². The second-order valence-electron chi connectivity index (χ2n) is 20.3. The van der Waals surface area contributed by atoms with Crippen LogP contribution in [0.5, 0.6) is 17.4 Å². The topological polar surface area (TPSA) is 203 Å². The van der Waals surface area contributed by atoms with Crippen LogP contribution in [-0.2, 0) is 19.5 Å². The van der Waals surface area contributed by atoms with E-state index in [9.17, 15) is 23.3 Å². The fourth-order valence-corrected chi connectivity index (χ4v) is 12.5.